The minimum absolute atomic E-state index is 0. The zero-order valence-corrected chi connectivity index (χ0v) is 37.9. The molecule has 6 heteroatoms. The fourth-order valence-electron chi connectivity index (χ4n) is 6.20. The monoisotopic (exact) mass is 802 g/mol. The summed E-state index contributed by atoms with van der Waals surface area (Å²) in [5.74, 6) is 0. The van der Waals surface area contributed by atoms with Gasteiger partial charge < -0.3 is 34.6 Å². The van der Waals surface area contributed by atoms with Gasteiger partial charge in [-0.05, 0) is 45.9 Å². The molecular formula is C44H58Cl2N2SiZr-2. The molecule has 0 aromatic heterocycles. The van der Waals surface area contributed by atoms with Crippen molar-refractivity contribution in [1.82, 2.24) is 0 Å². The first-order valence-corrected chi connectivity index (χ1v) is 23.6. The van der Waals surface area contributed by atoms with Crippen molar-refractivity contribution in [3.05, 3.63) is 131 Å². The van der Waals surface area contributed by atoms with Crippen molar-refractivity contribution in [3.8, 4) is 0 Å². The van der Waals surface area contributed by atoms with E-state index >= 15 is 0 Å². The maximum atomic E-state index is 3.64. The summed E-state index contributed by atoms with van der Waals surface area (Å²) in [6, 6.07) is 22.1. The van der Waals surface area contributed by atoms with Crippen molar-refractivity contribution < 1.29 is 48.1 Å². The molecule has 0 bridgehead atoms. The number of para-hydroxylation sites is 2. The number of nitrogens with zero attached hydrogens (tertiary/aromatic N) is 2. The number of anilines is 2. The third kappa shape index (κ3) is 10.6. The first kappa shape index (κ1) is 44.3. The number of fused-ring (bicyclic) bond motifs is 2. The first-order chi connectivity index (χ1) is 22.1. The fourth-order valence-corrected chi connectivity index (χ4v) is 6.20. The molecule has 0 N–H and O–H groups in total. The normalized spacial score (nSPS) is 19.4. The Kier molecular flexibility index (Phi) is 15.0. The van der Waals surface area contributed by atoms with Gasteiger partial charge >= 0.3 is 41.9 Å². The van der Waals surface area contributed by atoms with E-state index in [1.54, 1.807) is 23.3 Å². The van der Waals surface area contributed by atoms with Gasteiger partial charge in [0.1, 0.15) is 0 Å². The summed E-state index contributed by atoms with van der Waals surface area (Å²) in [5, 5.41) is 0. The molecule has 2 nitrogen and oxygen atoms in total. The van der Waals surface area contributed by atoms with Crippen molar-refractivity contribution in [2.75, 3.05) is 9.80 Å². The van der Waals surface area contributed by atoms with E-state index in [2.05, 4.69) is 203 Å². The molecule has 4 aliphatic rings. The maximum absolute atomic E-state index is 3.64. The molecule has 2 aromatic rings. The average molecular weight is 805 g/mol. The summed E-state index contributed by atoms with van der Waals surface area (Å²) in [5.41, 5.74) is 11.1. The van der Waals surface area contributed by atoms with Crippen LogP contribution in [0.1, 0.15) is 83.1 Å². The molecule has 2 atom stereocenters. The van der Waals surface area contributed by atoms with E-state index in [1.807, 2.05) is 0 Å². The van der Waals surface area contributed by atoms with Crippen molar-refractivity contribution in [2.24, 2.45) is 21.7 Å². The topological polar surface area (TPSA) is 6.48 Å². The van der Waals surface area contributed by atoms with Crippen LogP contribution in [0.15, 0.2) is 119 Å². The zero-order chi connectivity index (χ0) is 35.8. The van der Waals surface area contributed by atoms with Crippen molar-refractivity contribution >= 4 is 16.8 Å². The van der Waals surface area contributed by atoms with Gasteiger partial charge in [-0.15, -0.1) is 58.7 Å². The van der Waals surface area contributed by atoms with E-state index in [-0.39, 0.29) is 51.9 Å². The minimum Gasteiger partial charge on any atom is -1.00 e. The van der Waals surface area contributed by atoms with E-state index < -0.39 is 0 Å². The van der Waals surface area contributed by atoms with Gasteiger partial charge in [-0.3, -0.25) is 0 Å². The summed E-state index contributed by atoms with van der Waals surface area (Å²) in [7, 11) is 0. The Morgan fingerprint density at radius 3 is 1.06 bits per heavy atom. The SMILES string of the molecule is CC(C)(C)C1=[C-]C2=CC(C(C)(C)C)N(c3ccccc3)C2=C1.CC(C)(C)C1=[C-]C2=CC(C(C)(C)C)N(c3ccccc3)C2=C1.C[Si](C)=[Zr+2].[Cl-].[Cl-]. The molecule has 0 amide bonds. The maximum Gasteiger partial charge on any atom is -1.00 e. The van der Waals surface area contributed by atoms with Crippen LogP contribution in [0.3, 0.4) is 0 Å². The fraction of sp³-hybridized carbons (Fsp3) is 0.455. The Morgan fingerprint density at radius 1 is 0.540 bits per heavy atom. The molecule has 6 rings (SSSR count). The smallest absolute Gasteiger partial charge is 1.00 e. The second kappa shape index (κ2) is 16.9. The van der Waals surface area contributed by atoms with Crippen molar-refractivity contribution in [3.63, 3.8) is 0 Å². The number of halogens is 2. The molecule has 268 valence electrons. The number of hydrogen-bond donors (Lipinski definition) is 0. The van der Waals surface area contributed by atoms with Gasteiger partial charge in [0.15, 0.2) is 0 Å². The molecular weight excluding hydrogens is 747 g/mol. The van der Waals surface area contributed by atoms with Gasteiger partial charge in [0, 0.05) is 23.5 Å². The van der Waals surface area contributed by atoms with E-state index in [9.17, 15) is 0 Å². The standard InChI is InChI=1S/2C21H26N.C2H6Si.2ClH.Zr/c2*1-20(2,3)16-12-15-13-19(21(4,5)6)22(18(15)14-16)17-10-8-7-9-11-17;1-3-2;;;/h2*7-11,13-14,19H,1-6H3;1-2H3;2*1H;/q2*-1;;;;+2/p-2. The predicted molar refractivity (Wildman–Crippen MR) is 207 cm³/mol. The van der Waals surface area contributed by atoms with Crippen LogP contribution in [0.25, 0.3) is 0 Å². The van der Waals surface area contributed by atoms with Gasteiger partial charge in [-0.25, -0.2) is 0 Å². The van der Waals surface area contributed by atoms with Gasteiger partial charge in [0.25, 0.3) is 0 Å². The van der Waals surface area contributed by atoms with Crippen molar-refractivity contribution in [1.29, 1.82) is 0 Å². The summed E-state index contributed by atoms with van der Waals surface area (Å²) in [4.78, 5) is 4.95. The molecule has 2 heterocycles. The van der Waals surface area contributed by atoms with E-state index in [4.69, 9.17) is 0 Å². The quantitative estimate of drug-likeness (QED) is 0.279. The summed E-state index contributed by atoms with van der Waals surface area (Å²) in [6.07, 6.45) is 16.7. The third-order valence-corrected chi connectivity index (χ3v) is 8.84. The van der Waals surface area contributed by atoms with E-state index in [0.717, 1.165) is 0 Å². The van der Waals surface area contributed by atoms with Gasteiger partial charge in [0.05, 0.1) is 0 Å². The Morgan fingerprint density at radius 2 is 0.820 bits per heavy atom. The predicted octanol–water partition coefficient (Wildman–Crippen LogP) is 5.83. The van der Waals surface area contributed by atoms with Gasteiger partial charge in [-0.1, -0.05) is 131 Å². The van der Waals surface area contributed by atoms with Crippen LogP contribution in [0.2, 0.25) is 13.1 Å². The molecule has 50 heavy (non-hydrogen) atoms. The van der Waals surface area contributed by atoms with Crippen LogP contribution < -0.4 is 34.6 Å². The number of rotatable bonds is 2. The zero-order valence-electron chi connectivity index (χ0n) is 32.9. The number of hydrogen-bond acceptors (Lipinski definition) is 2. The Labute approximate surface area is 333 Å². The van der Waals surface area contributed by atoms with Gasteiger partial charge in [-0.2, -0.15) is 0 Å². The molecule has 0 saturated heterocycles. The largest absolute Gasteiger partial charge is 1.00 e. The Hall–Kier alpha value is -1.84. The van der Waals surface area contributed by atoms with Crippen LogP contribution in [-0.2, 0) is 23.3 Å². The molecule has 2 aromatic carbocycles. The molecule has 0 fully saturated rings. The minimum atomic E-state index is 0. The Balaban J connectivity index is 0.000000303. The van der Waals surface area contributed by atoms with Crippen LogP contribution in [0.4, 0.5) is 11.4 Å². The average Bonchev–Trinajstić information content (AvgIpc) is 3.71. The summed E-state index contributed by atoms with van der Waals surface area (Å²) in [6.45, 7) is 32.0. The van der Waals surface area contributed by atoms with E-state index in [1.165, 1.54) is 45.1 Å². The third-order valence-electron chi connectivity index (χ3n) is 8.84. The molecule has 0 spiro atoms. The van der Waals surface area contributed by atoms with Gasteiger partial charge in [0.2, 0.25) is 0 Å². The molecule has 2 unspecified atom stereocenters. The second-order valence-corrected chi connectivity index (χ2v) is 27.2. The Bertz CT molecular complexity index is 1560. The molecule has 2 aliphatic heterocycles. The number of benzene rings is 2. The van der Waals surface area contributed by atoms with E-state index in [0.29, 0.717) is 12.1 Å². The summed E-state index contributed by atoms with van der Waals surface area (Å²) < 4.78 is 0. The van der Waals surface area contributed by atoms with Crippen LogP contribution >= 0.6 is 0 Å². The van der Waals surface area contributed by atoms with Crippen LogP contribution in [-0.4, -0.2) is 17.5 Å². The molecule has 0 radical (unpaired) electrons. The van der Waals surface area contributed by atoms with Crippen LogP contribution in [0.5, 0.6) is 0 Å². The van der Waals surface area contributed by atoms with Crippen molar-refractivity contribution in [2.45, 2.75) is 108 Å². The number of allylic oxidation sites excluding steroid dienone is 6. The molecule has 2 aliphatic carbocycles. The molecule has 0 saturated carbocycles. The first-order valence-electron chi connectivity index (χ1n) is 17.5. The van der Waals surface area contributed by atoms with Crippen LogP contribution in [0, 0.1) is 33.8 Å². The second-order valence-electron chi connectivity index (χ2n) is 17.8. The summed E-state index contributed by atoms with van der Waals surface area (Å²) >= 11 is 1.74.